The minimum Gasteiger partial charge on any atom is -0.464 e. The minimum absolute atomic E-state index is 0.106. The monoisotopic (exact) mass is 276 g/mol. The fourth-order valence-corrected chi connectivity index (χ4v) is 2.72. The second-order valence-electron chi connectivity index (χ2n) is 5.06. The molecule has 4 heteroatoms. The van der Waals surface area contributed by atoms with Crippen LogP contribution in [-0.4, -0.2) is 31.7 Å². The number of rotatable bonds is 5. The van der Waals surface area contributed by atoms with Gasteiger partial charge in [0.15, 0.2) is 0 Å². The standard InChI is InChI=1S/C16H24N2O2/c1-3-7-15(16(19)20-4-2)18-11-10-17-12-13-8-5-6-9-14(13)18/h5-6,8-9,15,17H,3-4,7,10-12H2,1-2H3. The van der Waals surface area contributed by atoms with Gasteiger partial charge in [0.05, 0.1) is 6.61 Å². The number of carbonyl (C=O) groups excluding carboxylic acids is 1. The molecule has 0 aliphatic carbocycles. The Balaban J connectivity index is 2.29. The molecule has 4 nitrogen and oxygen atoms in total. The summed E-state index contributed by atoms with van der Waals surface area (Å²) in [5, 5.41) is 3.41. The quantitative estimate of drug-likeness (QED) is 0.838. The van der Waals surface area contributed by atoms with Gasteiger partial charge in [-0.2, -0.15) is 0 Å². The summed E-state index contributed by atoms with van der Waals surface area (Å²) >= 11 is 0. The van der Waals surface area contributed by atoms with Gasteiger partial charge in [-0.15, -0.1) is 0 Å². The first kappa shape index (κ1) is 14.9. The van der Waals surface area contributed by atoms with Crippen LogP contribution in [0, 0.1) is 0 Å². The Hall–Kier alpha value is -1.55. The smallest absolute Gasteiger partial charge is 0.328 e. The van der Waals surface area contributed by atoms with E-state index in [9.17, 15) is 4.79 Å². The molecule has 0 saturated carbocycles. The summed E-state index contributed by atoms with van der Waals surface area (Å²) in [6.45, 7) is 6.98. The number of fused-ring (bicyclic) bond motifs is 1. The third-order valence-electron chi connectivity index (χ3n) is 3.64. The number of carbonyl (C=O) groups is 1. The lowest BCUT2D eigenvalue weighted by Gasteiger charge is -2.32. The molecule has 2 rings (SSSR count). The zero-order chi connectivity index (χ0) is 14.4. The van der Waals surface area contributed by atoms with Gasteiger partial charge < -0.3 is 15.0 Å². The van der Waals surface area contributed by atoms with Crippen LogP contribution < -0.4 is 10.2 Å². The van der Waals surface area contributed by atoms with E-state index in [1.54, 1.807) is 0 Å². The van der Waals surface area contributed by atoms with Crippen LogP contribution in [0.3, 0.4) is 0 Å². The molecule has 1 aliphatic heterocycles. The van der Waals surface area contributed by atoms with Crippen LogP contribution in [0.25, 0.3) is 0 Å². The minimum atomic E-state index is -0.180. The Morgan fingerprint density at radius 1 is 1.40 bits per heavy atom. The van der Waals surface area contributed by atoms with E-state index < -0.39 is 0 Å². The van der Waals surface area contributed by atoms with Crippen LogP contribution in [0.2, 0.25) is 0 Å². The first-order chi connectivity index (χ1) is 9.77. The van der Waals surface area contributed by atoms with Crippen LogP contribution in [0.5, 0.6) is 0 Å². The predicted molar refractivity (Wildman–Crippen MR) is 80.8 cm³/mol. The fourth-order valence-electron chi connectivity index (χ4n) is 2.72. The number of nitrogens with one attached hydrogen (secondary N) is 1. The molecule has 1 aliphatic rings. The highest BCUT2D eigenvalue weighted by molar-refractivity contribution is 5.80. The van der Waals surface area contributed by atoms with Crippen molar-refractivity contribution >= 4 is 11.7 Å². The molecule has 0 spiro atoms. The highest BCUT2D eigenvalue weighted by Crippen LogP contribution is 2.26. The van der Waals surface area contributed by atoms with Gasteiger partial charge in [-0.3, -0.25) is 0 Å². The van der Waals surface area contributed by atoms with Crippen LogP contribution in [0.15, 0.2) is 24.3 Å². The Morgan fingerprint density at radius 2 is 2.20 bits per heavy atom. The first-order valence-electron chi connectivity index (χ1n) is 7.49. The second kappa shape index (κ2) is 7.29. The van der Waals surface area contributed by atoms with Gasteiger partial charge in [0.1, 0.15) is 6.04 Å². The second-order valence-corrected chi connectivity index (χ2v) is 5.06. The zero-order valence-electron chi connectivity index (χ0n) is 12.4. The first-order valence-corrected chi connectivity index (χ1v) is 7.49. The van der Waals surface area contributed by atoms with Crippen LogP contribution >= 0.6 is 0 Å². The van der Waals surface area contributed by atoms with Crippen molar-refractivity contribution in [3.63, 3.8) is 0 Å². The number of anilines is 1. The summed E-state index contributed by atoms with van der Waals surface area (Å²) in [5.41, 5.74) is 2.40. The van der Waals surface area contributed by atoms with E-state index in [1.165, 1.54) is 5.56 Å². The predicted octanol–water partition coefficient (Wildman–Crippen LogP) is 2.33. The Kier molecular flexibility index (Phi) is 5.41. The molecule has 1 aromatic carbocycles. The zero-order valence-corrected chi connectivity index (χ0v) is 12.4. The lowest BCUT2D eigenvalue weighted by molar-refractivity contribution is -0.144. The molecule has 1 unspecified atom stereocenters. The fraction of sp³-hybridized carbons (Fsp3) is 0.562. The summed E-state index contributed by atoms with van der Waals surface area (Å²) in [7, 11) is 0. The molecule has 110 valence electrons. The van der Waals surface area contributed by atoms with Gasteiger partial charge in [0.2, 0.25) is 0 Å². The van der Waals surface area contributed by atoms with Crippen LogP contribution in [-0.2, 0) is 16.1 Å². The molecule has 1 atom stereocenters. The van der Waals surface area contributed by atoms with Crippen LogP contribution in [0.1, 0.15) is 32.3 Å². The van der Waals surface area contributed by atoms with E-state index in [0.29, 0.717) is 6.61 Å². The number of hydrogen-bond acceptors (Lipinski definition) is 4. The number of hydrogen-bond donors (Lipinski definition) is 1. The van der Waals surface area contributed by atoms with Gasteiger partial charge in [-0.25, -0.2) is 4.79 Å². The molecule has 0 bridgehead atoms. The largest absolute Gasteiger partial charge is 0.464 e. The lowest BCUT2D eigenvalue weighted by Crippen LogP contribution is -2.44. The highest BCUT2D eigenvalue weighted by Gasteiger charge is 2.28. The molecular formula is C16H24N2O2. The van der Waals surface area contributed by atoms with Crippen molar-refractivity contribution in [2.45, 2.75) is 39.3 Å². The van der Waals surface area contributed by atoms with E-state index >= 15 is 0 Å². The summed E-state index contributed by atoms with van der Waals surface area (Å²) in [6.07, 6.45) is 1.79. The number of para-hydroxylation sites is 1. The van der Waals surface area contributed by atoms with Crippen LogP contribution in [0.4, 0.5) is 5.69 Å². The number of benzene rings is 1. The molecule has 0 aromatic heterocycles. The maximum Gasteiger partial charge on any atom is 0.328 e. The molecule has 0 saturated heterocycles. The number of ether oxygens (including phenoxy) is 1. The van der Waals surface area contributed by atoms with Gasteiger partial charge in [0.25, 0.3) is 0 Å². The Bertz CT molecular complexity index is 448. The lowest BCUT2D eigenvalue weighted by atomic mass is 10.1. The maximum atomic E-state index is 12.3. The van der Waals surface area contributed by atoms with Crippen molar-refractivity contribution in [1.82, 2.24) is 5.32 Å². The summed E-state index contributed by atoms with van der Waals surface area (Å²) < 4.78 is 5.26. The number of nitrogens with zero attached hydrogens (tertiary/aromatic N) is 1. The van der Waals surface area contributed by atoms with E-state index in [1.807, 2.05) is 19.1 Å². The SMILES string of the molecule is CCCC(C(=O)OCC)N1CCNCc2ccccc21. The Morgan fingerprint density at radius 3 is 2.95 bits per heavy atom. The normalized spacial score (nSPS) is 16.2. The molecule has 0 fully saturated rings. The molecule has 1 heterocycles. The molecular weight excluding hydrogens is 252 g/mol. The van der Waals surface area contributed by atoms with E-state index in [2.05, 4.69) is 29.3 Å². The molecule has 20 heavy (non-hydrogen) atoms. The maximum absolute atomic E-state index is 12.3. The Labute approximate surface area is 121 Å². The summed E-state index contributed by atoms with van der Waals surface area (Å²) in [4.78, 5) is 14.5. The number of esters is 1. The van der Waals surface area contributed by atoms with Crippen molar-refractivity contribution < 1.29 is 9.53 Å². The molecule has 1 N–H and O–H groups in total. The van der Waals surface area contributed by atoms with E-state index in [-0.39, 0.29) is 12.0 Å². The van der Waals surface area contributed by atoms with Gasteiger partial charge >= 0.3 is 5.97 Å². The highest BCUT2D eigenvalue weighted by atomic mass is 16.5. The average molecular weight is 276 g/mol. The van der Waals surface area contributed by atoms with Crippen molar-refractivity contribution in [2.24, 2.45) is 0 Å². The summed E-state index contributed by atoms with van der Waals surface area (Å²) in [5.74, 6) is -0.106. The third kappa shape index (κ3) is 3.31. The average Bonchev–Trinajstić information content (AvgIpc) is 2.67. The molecule has 1 aromatic rings. The van der Waals surface area contributed by atoms with Crippen molar-refractivity contribution in [1.29, 1.82) is 0 Å². The molecule has 0 amide bonds. The van der Waals surface area contributed by atoms with E-state index in [4.69, 9.17) is 4.74 Å². The van der Waals surface area contributed by atoms with Gasteiger partial charge in [0, 0.05) is 25.3 Å². The van der Waals surface area contributed by atoms with Gasteiger partial charge in [-0.1, -0.05) is 31.5 Å². The van der Waals surface area contributed by atoms with Crippen molar-refractivity contribution in [2.75, 3.05) is 24.6 Å². The van der Waals surface area contributed by atoms with Crippen molar-refractivity contribution in [3.05, 3.63) is 29.8 Å². The van der Waals surface area contributed by atoms with E-state index in [0.717, 1.165) is 38.2 Å². The van der Waals surface area contributed by atoms with Crippen molar-refractivity contribution in [3.8, 4) is 0 Å². The van der Waals surface area contributed by atoms with Gasteiger partial charge in [-0.05, 0) is 25.0 Å². The topological polar surface area (TPSA) is 41.6 Å². The molecule has 0 radical (unpaired) electrons. The third-order valence-corrected chi connectivity index (χ3v) is 3.64. The summed E-state index contributed by atoms with van der Waals surface area (Å²) in [6, 6.07) is 8.12.